The van der Waals surface area contributed by atoms with Gasteiger partial charge in [0.15, 0.2) is 0 Å². The first-order valence-electron chi connectivity index (χ1n) is 6.16. The maximum atomic E-state index is 10.4. The summed E-state index contributed by atoms with van der Waals surface area (Å²) in [4.78, 5) is 16.4. The summed E-state index contributed by atoms with van der Waals surface area (Å²) in [7, 11) is 0. The van der Waals surface area contributed by atoms with E-state index < -0.39 is 0 Å². The minimum absolute atomic E-state index is 0.189. The van der Waals surface area contributed by atoms with E-state index in [1.54, 1.807) is 18.3 Å². The summed E-state index contributed by atoms with van der Waals surface area (Å²) < 4.78 is 5.51. The molecule has 1 aromatic heterocycles. The lowest BCUT2D eigenvalue weighted by atomic mass is 10.3. The molecule has 0 spiro atoms. The number of rotatable bonds is 6. The van der Waals surface area contributed by atoms with Crippen molar-refractivity contribution in [2.45, 2.75) is 19.4 Å². The van der Waals surface area contributed by atoms with E-state index in [1.807, 2.05) is 0 Å². The van der Waals surface area contributed by atoms with Crippen molar-refractivity contribution in [2.24, 2.45) is 0 Å². The third kappa shape index (κ3) is 3.96. The Balaban J connectivity index is 1.79. The van der Waals surface area contributed by atoms with Crippen molar-refractivity contribution in [1.29, 1.82) is 0 Å². The van der Waals surface area contributed by atoms with Crippen LogP contribution in [0.2, 0.25) is 0 Å². The molecule has 0 amide bonds. The molecule has 0 radical (unpaired) electrons. The predicted molar refractivity (Wildman–Crippen MR) is 66.1 cm³/mol. The fraction of sp³-hybridized carbons (Fsp3) is 0.583. The molecule has 6 nitrogen and oxygen atoms in total. The molecule has 1 fully saturated rings. The molecule has 2 heterocycles. The second kappa shape index (κ2) is 6.30. The summed E-state index contributed by atoms with van der Waals surface area (Å²) in [5, 5.41) is 10.4. The molecule has 0 aliphatic carbocycles. The molecule has 0 N–H and O–H groups in total. The van der Waals surface area contributed by atoms with Crippen molar-refractivity contribution in [3.05, 3.63) is 34.0 Å². The van der Waals surface area contributed by atoms with Crippen molar-refractivity contribution in [3.8, 4) is 5.88 Å². The van der Waals surface area contributed by atoms with Crippen molar-refractivity contribution in [2.75, 3.05) is 26.2 Å². The van der Waals surface area contributed by atoms with Gasteiger partial charge in [-0.2, -0.15) is 0 Å². The summed E-state index contributed by atoms with van der Waals surface area (Å²) in [5.74, 6) is 0.466. The van der Waals surface area contributed by atoms with Gasteiger partial charge in [-0.15, -0.1) is 0 Å². The summed E-state index contributed by atoms with van der Waals surface area (Å²) in [6.45, 7) is 3.55. The monoisotopic (exact) mass is 251 g/mol. The number of nitro groups is 1. The molecule has 18 heavy (non-hydrogen) atoms. The fourth-order valence-corrected chi connectivity index (χ4v) is 2.06. The molecule has 1 aliphatic heterocycles. The molecule has 0 saturated carbocycles. The standard InChI is InChI=1S/C12H17N3O3/c16-15(17)10-11-3-4-13-12(9-11)18-8-7-14-5-1-2-6-14/h3-4,9H,1-2,5-8,10H2. The van der Waals surface area contributed by atoms with Crippen molar-refractivity contribution in [1.82, 2.24) is 9.88 Å². The molecule has 1 aromatic rings. The highest BCUT2D eigenvalue weighted by Crippen LogP contribution is 2.11. The quantitative estimate of drug-likeness (QED) is 0.563. The van der Waals surface area contributed by atoms with Crippen LogP contribution in [0, 0.1) is 10.1 Å². The molecule has 98 valence electrons. The van der Waals surface area contributed by atoms with E-state index in [0.717, 1.165) is 19.6 Å². The number of pyridine rings is 1. The second-order valence-corrected chi connectivity index (χ2v) is 4.39. The Labute approximate surface area is 106 Å². The largest absolute Gasteiger partial charge is 0.476 e. The average molecular weight is 251 g/mol. The van der Waals surface area contributed by atoms with Gasteiger partial charge in [0.05, 0.1) is 0 Å². The SMILES string of the molecule is O=[N+]([O-])Cc1ccnc(OCCN2CCCC2)c1. The van der Waals surface area contributed by atoms with Crippen molar-refractivity contribution >= 4 is 0 Å². The summed E-state index contributed by atoms with van der Waals surface area (Å²) in [6, 6.07) is 3.27. The van der Waals surface area contributed by atoms with Gasteiger partial charge in [0.1, 0.15) is 6.61 Å². The van der Waals surface area contributed by atoms with Gasteiger partial charge in [0.2, 0.25) is 12.4 Å². The van der Waals surface area contributed by atoms with Crippen LogP contribution in [0.4, 0.5) is 0 Å². The third-order valence-corrected chi connectivity index (χ3v) is 2.97. The third-order valence-electron chi connectivity index (χ3n) is 2.97. The highest BCUT2D eigenvalue weighted by Gasteiger charge is 2.11. The van der Waals surface area contributed by atoms with Crippen molar-refractivity contribution in [3.63, 3.8) is 0 Å². The number of hydrogen-bond donors (Lipinski definition) is 0. The highest BCUT2D eigenvalue weighted by molar-refractivity contribution is 5.19. The molecule has 0 unspecified atom stereocenters. The van der Waals surface area contributed by atoms with Crippen LogP contribution in [0.25, 0.3) is 0 Å². The molecule has 0 bridgehead atoms. The summed E-state index contributed by atoms with van der Waals surface area (Å²) in [5.41, 5.74) is 0.617. The first kappa shape index (κ1) is 12.8. The highest BCUT2D eigenvalue weighted by atomic mass is 16.6. The number of likely N-dealkylation sites (tertiary alicyclic amines) is 1. The van der Waals surface area contributed by atoms with Gasteiger partial charge >= 0.3 is 0 Å². The first-order chi connectivity index (χ1) is 8.74. The molecule has 2 rings (SSSR count). The van der Waals surface area contributed by atoms with Crippen LogP contribution in [0.15, 0.2) is 18.3 Å². The Bertz CT molecular complexity index is 405. The van der Waals surface area contributed by atoms with E-state index in [-0.39, 0.29) is 11.5 Å². The molecule has 0 aromatic carbocycles. The molecule has 6 heteroatoms. The smallest absolute Gasteiger partial charge is 0.229 e. The van der Waals surface area contributed by atoms with Crippen LogP contribution in [0.3, 0.4) is 0 Å². The molecular formula is C12H17N3O3. The molecule has 1 saturated heterocycles. The summed E-state index contributed by atoms with van der Waals surface area (Å²) in [6.07, 6.45) is 4.07. The minimum atomic E-state index is -0.358. The molecular weight excluding hydrogens is 234 g/mol. The van der Waals surface area contributed by atoms with E-state index in [4.69, 9.17) is 4.74 Å². The zero-order valence-electron chi connectivity index (χ0n) is 10.2. The predicted octanol–water partition coefficient (Wildman–Crippen LogP) is 1.33. The Kier molecular flexibility index (Phi) is 4.46. The van der Waals surface area contributed by atoms with Gasteiger partial charge in [-0.25, -0.2) is 4.98 Å². The van der Waals surface area contributed by atoms with E-state index in [0.29, 0.717) is 18.1 Å². The van der Waals surface area contributed by atoms with Crippen LogP contribution >= 0.6 is 0 Å². The first-order valence-corrected chi connectivity index (χ1v) is 6.16. The Morgan fingerprint density at radius 2 is 2.22 bits per heavy atom. The number of nitrogens with zero attached hydrogens (tertiary/aromatic N) is 3. The van der Waals surface area contributed by atoms with Crippen LogP contribution < -0.4 is 4.74 Å². The fourth-order valence-electron chi connectivity index (χ4n) is 2.06. The van der Waals surface area contributed by atoms with Crippen LogP contribution in [0.5, 0.6) is 5.88 Å². The van der Waals surface area contributed by atoms with Gasteiger partial charge in [-0.3, -0.25) is 15.0 Å². The second-order valence-electron chi connectivity index (χ2n) is 4.39. The number of ether oxygens (including phenoxy) is 1. The van der Waals surface area contributed by atoms with E-state index in [1.165, 1.54) is 12.8 Å². The lowest BCUT2D eigenvalue weighted by molar-refractivity contribution is -0.496. The van der Waals surface area contributed by atoms with E-state index in [2.05, 4.69) is 9.88 Å². The lowest BCUT2D eigenvalue weighted by Crippen LogP contribution is -2.25. The van der Waals surface area contributed by atoms with Gasteiger partial charge in [0, 0.05) is 29.3 Å². The van der Waals surface area contributed by atoms with Crippen molar-refractivity contribution < 1.29 is 9.66 Å². The maximum absolute atomic E-state index is 10.4. The number of aromatic nitrogens is 1. The van der Waals surface area contributed by atoms with Gasteiger partial charge in [-0.05, 0) is 32.0 Å². The zero-order valence-corrected chi connectivity index (χ0v) is 10.2. The van der Waals surface area contributed by atoms with Crippen LogP contribution in [0.1, 0.15) is 18.4 Å². The van der Waals surface area contributed by atoms with Crippen LogP contribution in [-0.4, -0.2) is 41.0 Å². The molecule has 0 atom stereocenters. The van der Waals surface area contributed by atoms with Gasteiger partial charge in [-0.1, -0.05) is 0 Å². The van der Waals surface area contributed by atoms with E-state index in [9.17, 15) is 10.1 Å². The average Bonchev–Trinajstić information content (AvgIpc) is 2.82. The Morgan fingerprint density at radius 3 is 2.94 bits per heavy atom. The Hall–Kier alpha value is -1.69. The normalized spacial score (nSPS) is 15.8. The topological polar surface area (TPSA) is 68.5 Å². The summed E-state index contributed by atoms with van der Waals surface area (Å²) >= 11 is 0. The van der Waals surface area contributed by atoms with Gasteiger partial charge < -0.3 is 4.74 Å². The van der Waals surface area contributed by atoms with Crippen LogP contribution in [-0.2, 0) is 6.54 Å². The minimum Gasteiger partial charge on any atom is -0.476 e. The number of hydrogen-bond acceptors (Lipinski definition) is 5. The van der Waals surface area contributed by atoms with Gasteiger partial charge in [0.25, 0.3) is 0 Å². The lowest BCUT2D eigenvalue weighted by Gasteiger charge is -2.14. The Morgan fingerprint density at radius 1 is 1.44 bits per heavy atom. The zero-order chi connectivity index (χ0) is 12.8. The van der Waals surface area contributed by atoms with E-state index >= 15 is 0 Å². The maximum Gasteiger partial charge on any atom is 0.229 e. The molecule has 1 aliphatic rings.